The van der Waals surface area contributed by atoms with E-state index in [1.165, 1.54) is 0 Å². The molecule has 0 saturated heterocycles. The molecule has 0 radical (unpaired) electrons. The van der Waals surface area contributed by atoms with Crippen LogP contribution in [0.4, 0.5) is 0 Å². The van der Waals surface area contributed by atoms with Crippen LogP contribution in [0.3, 0.4) is 0 Å². The lowest BCUT2D eigenvalue weighted by atomic mass is 10.3. The highest BCUT2D eigenvalue weighted by Crippen LogP contribution is 1.97. The normalized spacial score (nSPS) is 8.83. The number of hydrogen-bond donors (Lipinski definition) is 0. The zero-order chi connectivity index (χ0) is 9.56. The maximum absolute atomic E-state index is 10.8. The van der Waals surface area contributed by atoms with Gasteiger partial charge >= 0.3 is 11.9 Å². The van der Waals surface area contributed by atoms with E-state index < -0.39 is 17.5 Å². The fourth-order valence-corrected chi connectivity index (χ4v) is 0.428. The Bertz CT molecular complexity index is 176. The second-order valence-corrected chi connectivity index (χ2v) is 1.74. The van der Waals surface area contributed by atoms with Crippen molar-refractivity contribution in [2.45, 2.75) is 6.92 Å². The minimum Gasteiger partial charge on any atom is -0.462 e. The average Bonchev–Trinajstić information content (AvgIpc) is 2.04. The maximum atomic E-state index is 10.8. The van der Waals surface area contributed by atoms with Crippen LogP contribution in [0.5, 0.6) is 0 Å². The molecule has 0 aliphatic carbocycles. The van der Waals surface area contributed by atoms with Crippen molar-refractivity contribution in [2.75, 3.05) is 13.7 Å². The van der Waals surface area contributed by atoms with Gasteiger partial charge in [-0.05, 0) is 6.92 Å². The first-order valence-electron chi connectivity index (χ1n) is 3.24. The summed E-state index contributed by atoms with van der Waals surface area (Å²) in [7, 11) is 1.15. The van der Waals surface area contributed by atoms with Gasteiger partial charge in [0.1, 0.15) is 5.57 Å². The predicted octanol–water partition coefficient (Wildman–Crippen LogP) is 0.210. The molecule has 0 heterocycles. The number of rotatable bonds is 4. The van der Waals surface area contributed by atoms with E-state index in [1.54, 1.807) is 6.92 Å². The van der Waals surface area contributed by atoms with E-state index in [4.69, 9.17) is 0 Å². The molecule has 68 valence electrons. The van der Waals surface area contributed by atoms with Crippen LogP contribution in [0.2, 0.25) is 0 Å². The van der Waals surface area contributed by atoms with Crippen molar-refractivity contribution in [3.8, 4) is 0 Å². The van der Waals surface area contributed by atoms with Gasteiger partial charge in [-0.2, -0.15) is 4.89 Å². The van der Waals surface area contributed by atoms with Crippen LogP contribution in [0.1, 0.15) is 6.92 Å². The number of ether oxygens (including phenoxy) is 1. The molecule has 0 aromatic heterocycles. The van der Waals surface area contributed by atoms with Crippen molar-refractivity contribution >= 4 is 11.9 Å². The van der Waals surface area contributed by atoms with E-state index in [9.17, 15) is 9.59 Å². The highest BCUT2D eigenvalue weighted by Gasteiger charge is 2.18. The molecule has 0 bridgehead atoms. The van der Waals surface area contributed by atoms with Gasteiger partial charge in [-0.25, -0.2) is 9.59 Å². The van der Waals surface area contributed by atoms with Crippen molar-refractivity contribution in [3.05, 3.63) is 12.2 Å². The van der Waals surface area contributed by atoms with E-state index in [-0.39, 0.29) is 6.61 Å². The Morgan fingerprint density at radius 3 is 2.33 bits per heavy atom. The molecule has 0 fully saturated rings. The first kappa shape index (κ1) is 10.6. The summed E-state index contributed by atoms with van der Waals surface area (Å²) in [6.07, 6.45) is 0. The molecule has 0 amide bonds. The van der Waals surface area contributed by atoms with Gasteiger partial charge in [0.25, 0.3) is 0 Å². The summed E-state index contributed by atoms with van der Waals surface area (Å²) < 4.78 is 4.48. The Morgan fingerprint density at radius 2 is 1.92 bits per heavy atom. The van der Waals surface area contributed by atoms with E-state index in [2.05, 4.69) is 21.1 Å². The summed E-state index contributed by atoms with van der Waals surface area (Å²) in [5, 5.41) is 0. The summed E-state index contributed by atoms with van der Waals surface area (Å²) in [5.41, 5.74) is -0.390. The fraction of sp³-hybridized carbons (Fsp3) is 0.429. The monoisotopic (exact) mass is 174 g/mol. The van der Waals surface area contributed by atoms with E-state index >= 15 is 0 Å². The molecular weight excluding hydrogens is 164 g/mol. The highest BCUT2D eigenvalue weighted by atomic mass is 17.2. The molecule has 0 aliphatic heterocycles. The van der Waals surface area contributed by atoms with Gasteiger partial charge in [0, 0.05) is 0 Å². The van der Waals surface area contributed by atoms with Gasteiger partial charge in [0.2, 0.25) is 0 Å². The molecule has 0 unspecified atom stereocenters. The lowest BCUT2D eigenvalue weighted by Gasteiger charge is -2.02. The molecule has 0 saturated carbocycles. The molecule has 0 aromatic carbocycles. The molecule has 0 atom stereocenters. The summed E-state index contributed by atoms with van der Waals surface area (Å²) >= 11 is 0. The van der Waals surface area contributed by atoms with Crippen molar-refractivity contribution in [3.63, 3.8) is 0 Å². The molecule has 0 spiro atoms. The Balaban J connectivity index is 4.01. The number of carbonyl (C=O) groups excluding carboxylic acids is 2. The quantitative estimate of drug-likeness (QED) is 0.152. The van der Waals surface area contributed by atoms with Crippen molar-refractivity contribution < 1.29 is 24.1 Å². The van der Waals surface area contributed by atoms with Gasteiger partial charge in [-0.1, -0.05) is 6.58 Å². The predicted molar refractivity (Wildman–Crippen MR) is 38.9 cm³/mol. The molecule has 5 heteroatoms. The fourth-order valence-electron chi connectivity index (χ4n) is 0.428. The lowest BCUT2D eigenvalue weighted by molar-refractivity contribution is -0.250. The topological polar surface area (TPSA) is 61.8 Å². The standard InChI is InChI=1S/C7H10O5/c1-4-11-6(8)5(2)7(9)12-10-3/h2,4H2,1,3H3. The SMILES string of the molecule is C=C(C(=O)OCC)C(=O)OOC. The van der Waals surface area contributed by atoms with Gasteiger partial charge in [-0.3, -0.25) is 4.89 Å². The summed E-state index contributed by atoms with van der Waals surface area (Å²) in [4.78, 5) is 29.6. The van der Waals surface area contributed by atoms with Crippen molar-refractivity contribution in [2.24, 2.45) is 0 Å². The number of carbonyl (C=O) groups is 2. The number of hydrogen-bond acceptors (Lipinski definition) is 5. The van der Waals surface area contributed by atoms with Gasteiger partial charge in [-0.15, -0.1) is 0 Å². The molecular formula is C7H10O5. The first-order chi connectivity index (χ1) is 5.63. The lowest BCUT2D eigenvalue weighted by Crippen LogP contribution is -2.16. The molecule has 0 aliphatic rings. The van der Waals surface area contributed by atoms with E-state index in [0.717, 1.165) is 7.11 Å². The van der Waals surface area contributed by atoms with Crippen LogP contribution >= 0.6 is 0 Å². The maximum Gasteiger partial charge on any atom is 0.379 e. The van der Waals surface area contributed by atoms with Crippen LogP contribution in [0, 0.1) is 0 Å². The minimum absolute atomic E-state index is 0.179. The van der Waals surface area contributed by atoms with Crippen LogP contribution < -0.4 is 0 Å². The highest BCUT2D eigenvalue weighted by molar-refractivity contribution is 6.13. The second-order valence-electron chi connectivity index (χ2n) is 1.74. The summed E-state index contributed by atoms with van der Waals surface area (Å²) in [5.74, 6) is -1.75. The molecule has 0 N–H and O–H groups in total. The Hall–Kier alpha value is -1.36. The third-order valence-electron chi connectivity index (χ3n) is 0.927. The third kappa shape index (κ3) is 3.16. The summed E-state index contributed by atoms with van der Waals surface area (Å²) in [6.45, 7) is 4.96. The molecule has 0 aromatic rings. The van der Waals surface area contributed by atoms with Crippen molar-refractivity contribution in [1.29, 1.82) is 0 Å². The largest absolute Gasteiger partial charge is 0.462 e. The minimum atomic E-state index is -0.948. The second kappa shape index (κ2) is 5.31. The van der Waals surface area contributed by atoms with E-state index in [0.29, 0.717) is 0 Å². The van der Waals surface area contributed by atoms with Gasteiger partial charge < -0.3 is 4.74 Å². The average molecular weight is 174 g/mol. The zero-order valence-electron chi connectivity index (χ0n) is 6.96. The van der Waals surface area contributed by atoms with Gasteiger partial charge in [0.05, 0.1) is 13.7 Å². The Kier molecular flexibility index (Phi) is 4.71. The Morgan fingerprint density at radius 1 is 1.33 bits per heavy atom. The smallest absolute Gasteiger partial charge is 0.379 e. The Labute approximate surface area is 69.8 Å². The van der Waals surface area contributed by atoms with Crippen LogP contribution in [0.15, 0.2) is 12.2 Å². The van der Waals surface area contributed by atoms with Gasteiger partial charge in [0.15, 0.2) is 0 Å². The summed E-state index contributed by atoms with van der Waals surface area (Å²) in [6, 6.07) is 0. The molecule has 5 nitrogen and oxygen atoms in total. The van der Waals surface area contributed by atoms with Crippen LogP contribution in [-0.4, -0.2) is 25.7 Å². The van der Waals surface area contributed by atoms with Crippen LogP contribution in [-0.2, 0) is 24.1 Å². The first-order valence-corrected chi connectivity index (χ1v) is 3.24. The zero-order valence-corrected chi connectivity index (χ0v) is 6.96. The van der Waals surface area contributed by atoms with Crippen molar-refractivity contribution in [1.82, 2.24) is 0 Å². The third-order valence-corrected chi connectivity index (χ3v) is 0.927. The van der Waals surface area contributed by atoms with E-state index in [1.807, 2.05) is 0 Å². The number of esters is 1. The van der Waals surface area contributed by atoms with Crippen LogP contribution in [0.25, 0.3) is 0 Å². The molecule has 12 heavy (non-hydrogen) atoms. The molecule has 0 rings (SSSR count).